The molecule has 0 radical (unpaired) electrons. The Morgan fingerprint density at radius 1 is 1.00 bits per heavy atom. The molecule has 5 heteroatoms. The van der Waals surface area contributed by atoms with Gasteiger partial charge in [0.2, 0.25) is 0 Å². The molecule has 2 aromatic carbocycles. The van der Waals surface area contributed by atoms with E-state index >= 15 is 0 Å². The van der Waals surface area contributed by atoms with Crippen molar-refractivity contribution in [2.24, 2.45) is 0 Å². The van der Waals surface area contributed by atoms with Crippen LogP contribution in [0.3, 0.4) is 0 Å². The van der Waals surface area contributed by atoms with E-state index in [4.69, 9.17) is 0 Å². The standard InChI is InChI=1S/C14H14BrNO2S/c1-10-4-3-5-14(8-10)19(17,18)16-13-7-11(2)6-12(15)9-13/h3-9,16H,1-2H3. The number of anilines is 1. The van der Waals surface area contributed by atoms with E-state index < -0.39 is 10.0 Å². The van der Waals surface area contributed by atoms with E-state index in [0.29, 0.717) is 5.69 Å². The van der Waals surface area contributed by atoms with Gasteiger partial charge in [-0.05, 0) is 55.3 Å². The summed E-state index contributed by atoms with van der Waals surface area (Å²) in [5, 5.41) is 0. The van der Waals surface area contributed by atoms with E-state index in [1.165, 1.54) is 0 Å². The highest BCUT2D eigenvalue weighted by Gasteiger charge is 2.14. The minimum absolute atomic E-state index is 0.269. The smallest absolute Gasteiger partial charge is 0.261 e. The largest absolute Gasteiger partial charge is 0.280 e. The molecule has 0 aliphatic heterocycles. The fourth-order valence-electron chi connectivity index (χ4n) is 1.79. The highest BCUT2D eigenvalue weighted by Crippen LogP contribution is 2.22. The molecular formula is C14H14BrNO2S. The van der Waals surface area contributed by atoms with Crippen LogP contribution in [-0.2, 0) is 10.0 Å². The second kappa shape index (κ2) is 5.35. The number of hydrogen-bond donors (Lipinski definition) is 1. The van der Waals surface area contributed by atoms with E-state index in [1.54, 1.807) is 30.3 Å². The van der Waals surface area contributed by atoms with Crippen LogP contribution in [0.2, 0.25) is 0 Å². The molecule has 2 rings (SSSR count). The molecule has 0 bridgehead atoms. The zero-order valence-electron chi connectivity index (χ0n) is 10.6. The van der Waals surface area contributed by atoms with Crippen molar-refractivity contribution < 1.29 is 8.42 Å². The zero-order chi connectivity index (χ0) is 14.0. The molecule has 0 aromatic heterocycles. The number of hydrogen-bond acceptors (Lipinski definition) is 2. The highest BCUT2D eigenvalue weighted by atomic mass is 79.9. The Morgan fingerprint density at radius 2 is 1.74 bits per heavy atom. The van der Waals surface area contributed by atoms with Crippen molar-refractivity contribution in [1.82, 2.24) is 0 Å². The summed E-state index contributed by atoms with van der Waals surface area (Å²) in [6.45, 7) is 3.78. The third kappa shape index (κ3) is 3.58. The summed E-state index contributed by atoms with van der Waals surface area (Å²) < 4.78 is 27.9. The fourth-order valence-corrected chi connectivity index (χ4v) is 3.54. The SMILES string of the molecule is Cc1cc(Br)cc(NS(=O)(=O)c2cccc(C)c2)c1. The molecule has 100 valence electrons. The second-order valence-electron chi connectivity index (χ2n) is 4.44. The maximum absolute atomic E-state index is 12.2. The lowest BCUT2D eigenvalue weighted by Gasteiger charge is -2.10. The summed E-state index contributed by atoms with van der Waals surface area (Å²) in [6.07, 6.45) is 0. The molecule has 0 atom stereocenters. The summed E-state index contributed by atoms with van der Waals surface area (Å²) in [6, 6.07) is 12.3. The molecule has 0 heterocycles. The van der Waals surface area contributed by atoms with Crippen molar-refractivity contribution in [3.63, 3.8) is 0 Å². The van der Waals surface area contributed by atoms with Gasteiger partial charge in [-0.25, -0.2) is 8.42 Å². The van der Waals surface area contributed by atoms with Crippen LogP contribution >= 0.6 is 15.9 Å². The number of halogens is 1. The van der Waals surface area contributed by atoms with E-state index in [1.807, 2.05) is 26.0 Å². The number of aryl methyl sites for hydroxylation is 2. The van der Waals surface area contributed by atoms with Gasteiger partial charge in [0.15, 0.2) is 0 Å². The fraction of sp³-hybridized carbons (Fsp3) is 0.143. The van der Waals surface area contributed by atoms with Crippen molar-refractivity contribution in [2.45, 2.75) is 18.7 Å². The average molecular weight is 340 g/mol. The molecule has 19 heavy (non-hydrogen) atoms. The molecular weight excluding hydrogens is 326 g/mol. The number of benzene rings is 2. The van der Waals surface area contributed by atoms with Gasteiger partial charge in [-0.2, -0.15) is 0 Å². The van der Waals surface area contributed by atoms with Crippen LogP contribution in [0.15, 0.2) is 51.8 Å². The summed E-state index contributed by atoms with van der Waals surface area (Å²) in [5.74, 6) is 0. The van der Waals surface area contributed by atoms with Gasteiger partial charge in [0.1, 0.15) is 0 Å². The van der Waals surface area contributed by atoms with Crippen molar-refractivity contribution in [1.29, 1.82) is 0 Å². The van der Waals surface area contributed by atoms with Crippen LogP contribution in [0.4, 0.5) is 5.69 Å². The summed E-state index contributed by atoms with van der Waals surface area (Å²) in [5.41, 5.74) is 2.44. The van der Waals surface area contributed by atoms with Gasteiger partial charge >= 0.3 is 0 Å². The molecule has 0 saturated heterocycles. The van der Waals surface area contributed by atoms with Crippen LogP contribution in [0.1, 0.15) is 11.1 Å². The average Bonchev–Trinajstić information content (AvgIpc) is 2.26. The lowest BCUT2D eigenvalue weighted by molar-refractivity contribution is 0.601. The van der Waals surface area contributed by atoms with Gasteiger partial charge in [0, 0.05) is 4.47 Å². The molecule has 3 nitrogen and oxygen atoms in total. The second-order valence-corrected chi connectivity index (χ2v) is 7.04. The summed E-state index contributed by atoms with van der Waals surface area (Å²) in [7, 11) is -3.54. The maximum atomic E-state index is 12.2. The first kappa shape index (κ1) is 14.1. The Labute approximate surface area is 121 Å². The predicted molar refractivity (Wildman–Crippen MR) is 80.9 cm³/mol. The van der Waals surface area contributed by atoms with Crippen LogP contribution < -0.4 is 4.72 Å². The first-order chi connectivity index (χ1) is 8.87. The molecule has 0 spiro atoms. The van der Waals surface area contributed by atoms with Gasteiger partial charge in [0.05, 0.1) is 10.6 Å². The molecule has 2 aromatic rings. The van der Waals surface area contributed by atoms with Gasteiger partial charge in [-0.3, -0.25) is 4.72 Å². The van der Waals surface area contributed by atoms with E-state index in [2.05, 4.69) is 20.7 Å². The molecule has 0 aliphatic carbocycles. The van der Waals surface area contributed by atoms with Crippen LogP contribution in [0.25, 0.3) is 0 Å². The van der Waals surface area contributed by atoms with Gasteiger partial charge in [-0.1, -0.05) is 28.1 Å². The quantitative estimate of drug-likeness (QED) is 0.922. The van der Waals surface area contributed by atoms with Crippen LogP contribution in [0, 0.1) is 13.8 Å². The lowest BCUT2D eigenvalue weighted by atomic mass is 10.2. The van der Waals surface area contributed by atoms with Gasteiger partial charge in [-0.15, -0.1) is 0 Å². The Hall–Kier alpha value is -1.33. The summed E-state index contributed by atoms with van der Waals surface area (Å²) in [4.78, 5) is 0.269. The molecule has 0 fully saturated rings. The van der Waals surface area contributed by atoms with Crippen LogP contribution in [0.5, 0.6) is 0 Å². The first-order valence-electron chi connectivity index (χ1n) is 5.73. The summed E-state index contributed by atoms with van der Waals surface area (Å²) >= 11 is 3.35. The predicted octanol–water partition coefficient (Wildman–Crippen LogP) is 3.87. The molecule has 0 aliphatic rings. The lowest BCUT2D eigenvalue weighted by Crippen LogP contribution is -2.13. The van der Waals surface area contributed by atoms with E-state index in [0.717, 1.165) is 15.6 Å². The molecule has 1 N–H and O–H groups in total. The van der Waals surface area contributed by atoms with E-state index in [9.17, 15) is 8.42 Å². The molecule has 0 saturated carbocycles. The van der Waals surface area contributed by atoms with Crippen molar-refractivity contribution in [2.75, 3.05) is 4.72 Å². The van der Waals surface area contributed by atoms with Crippen molar-refractivity contribution >= 4 is 31.6 Å². The normalized spacial score (nSPS) is 11.3. The number of rotatable bonds is 3. The Morgan fingerprint density at radius 3 is 2.37 bits per heavy atom. The topological polar surface area (TPSA) is 46.2 Å². The van der Waals surface area contributed by atoms with Crippen molar-refractivity contribution in [3.05, 3.63) is 58.1 Å². The van der Waals surface area contributed by atoms with Crippen LogP contribution in [-0.4, -0.2) is 8.42 Å². The minimum Gasteiger partial charge on any atom is -0.280 e. The van der Waals surface area contributed by atoms with Gasteiger partial charge < -0.3 is 0 Å². The van der Waals surface area contributed by atoms with Gasteiger partial charge in [0.25, 0.3) is 10.0 Å². The Kier molecular flexibility index (Phi) is 3.96. The first-order valence-corrected chi connectivity index (χ1v) is 8.01. The Bertz CT molecular complexity index is 691. The molecule has 0 amide bonds. The zero-order valence-corrected chi connectivity index (χ0v) is 13.0. The minimum atomic E-state index is -3.54. The third-order valence-electron chi connectivity index (χ3n) is 2.59. The number of nitrogens with one attached hydrogen (secondary N) is 1. The Balaban J connectivity index is 2.36. The monoisotopic (exact) mass is 339 g/mol. The maximum Gasteiger partial charge on any atom is 0.261 e. The highest BCUT2D eigenvalue weighted by molar-refractivity contribution is 9.10. The third-order valence-corrected chi connectivity index (χ3v) is 4.43. The number of sulfonamides is 1. The van der Waals surface area contributed by atoms with E-state index in [-0.39, 0.29) is 4.90 Å². The van der Waals surface area contributed by atoms with Crippen molar-refractivity contribution in [3.8, 4) is 0 Å². The molecule has 0 unspecified atom stereocenters.